The fraction of sp³-hybridized carbons (Fsp3) is 0.700. The van der Waals surface area contributed by atoms with Gasteiger partial charge < -0.3 is 14.6 Å². The molecule has 1 aliphatic rings. The summed E-state index contributed by atoms with van der Waals surface area (Å²) in [6.45, 7) is 5.20. The molecule has 15 heavy (non-hydrogen) atoms. The van der Waals surface area contributed by atoms with Gasteiger partial charge in [-0.2, -0.15) is 4.98 Å². The number of piperazine rings is 1. The molecule has 1 aromatic heterocycles. The number of hydrogen-bond donors (Lipinski definition) is 1. The van der Waals surface area contributed by atoms with Crippen molar-refractivity contribution >= 4 is 6.01 Å². The minimum atomic E-state index is 0.681. The second-order valence-corrected chi connectivity index (χ2v) is 4.04. The van der Waals surface area contributed by atoms with Gasteiger partial charge in [-0.15, -0.1) is 0 Å². The van der Waals surface area contributed by atoms with E-state index in [1.807, 2.05) is 19.0 Å². The SMILES string of the molecule is CN(C)c1nc(CN2CCNCC2)co1. The van der Waals surface area contributed by atoms with Gasteiger partial charge in [-0.05, 0) is 0 Å². The normalized spacial score (nSPS) is 18.0. The molecule has 0 aromatic carbocycles. The smallest absolute Gasteiger partial charge is 0.296 e. The molecule has 2 rings (SSSR count). The first-order valence-electron chi connectivity index (χ1n) is 5.30. The third kappa shape index (κ3) is 2.70. The van der Waals surface area contributed by atoms with Gasteiger partial charge in [-0.3, -0.25) is 4.90 Å². The highest BCUT2D eigenvalue weighted by Crippen LogP contribution is 2.12. The van der Waals surface area contributed by atoms with Gasteiger partial charge in [0, 0.05) is 46.8 Å². The second-order valence-electron chi connectivity index (χ2n) is 4.04. The van der Waals surface area contributed by atoms with Crippen LogP contribution in [0.1, 0.15) is 5.69 Å². The topological polar surface area (TPSA) is 44.5 Å². The molecule has 0 aliphatic carbocycles. The Balaban J connectivity index is 1.91. The largest absolute Gasteiger partial charge is 0.432 e. The summed E-state index contributed by atoms with van der Waals surface area (Å²) in [5, 5.41) is 3.33. The quantitative estimate of drug-likeness (QED) is 0.769. The summed E-state index contributed by atoms with van der Waals surface area (Å²) in [7, 11) is 3.86. The van der Waals surface area contributed by atoms with E-state index in [2.05, 4.69) is 15.2 Å². The Morgan fingerprint density at radius 1 is 1.47 bits per heavy atom. The van der Waals surface area contributed by atoms with E-state index in [1.165, 1.54) is 0 Å². The molecular formula is C10H18N4O. The first-order valence-corrected chi connectivity index (χ1v) is 5.30. The van der Waals surface area contributed by atoms with Gasteiger partial charge in [0.25, 0.3) is 6.01 Å². The van der Waals surface area contributed by atoms with Crippen LogP contribution in [0.2, 0.25) is 0 Å². The minimum Gasteiger partial charge on any atom is -0.432 e. The Morgan fingerprint density at radius 2 is 2.20 bits per heavy atom. The Hall–Kier alpha value is -1.07. The van der Waals surface area contributed by atoms with E-state index in [4.69, 9.17) is 4.42 Å². The van der Waals surface area contributed by atoms with E-state index in [-0.39, 0.29) is 0 Å². The van der Waals surface area contributed by atoms with Gasteiger partial charge in [-0.25, -0.2) is 0 Å². The summed E-state index contributed by atoms with van der Waals surface area (Å²) in [5.41, 5.74) is 1.01. The molecular weight excluding hydrogens is 192 g/mol. The minimum absolute atomic E-state index is 0.681. The molecule has 1 aliphatic heterocycles. The van der Waals surface area contributed by atoms with Crippen LogP contribution in [0.25, 0.3) is 0 Å². The maximum absolute atomic E-state index is 5.34. The lowest BCUT2D eigenvalue weighted by atomic mass is 10.3. The molecule has 0 unspecified atom stereocenters. The van der Waals surface area contributed by atoms with Gasteiger partial charge in [0.05, 0.1) is 5.69 Å². The summed E-state index contributed by atoms with van der Waals surface area (Å²) in [4.78, 5) is 8.66. The highest BCUT2D eigenvalue weighted by Gasteiger charge is 2.12. The summed E-state index contributed by atoms with van der Waals surface area (Å²) in [6.07, 6.45) is 1.75. The molecule has 5 heteroatoms. The van der Waals surface area contributed by atoms with Gasteiger partial charge >= 0.3 is 0 Å². The standard InChI is InChI=1S/C10H18N4O/c1-13(2)10-12-9(8-15-10)7-14-5-3-11-4-6-14/h8,11H,3-7H2,1-2H3. The zero-order valence-corrected chi connectivity index (χ0v) is 9.36. The predicted molar refractivity (Wildman–Crippen MR) is 59.0 cm³/mol. The Labute approximate surface area is 90.1 Å². The van der Waals surface area contributed by atoms with E-state index in [0.29, 0.717) is 6.01 Å². The van der Waals surface area contributed by atoms with E-state index in [9.17, 15) is 0 Å². The highest BCUT2D eigenvalue weighted by atomic mass is 16.4. The van der Waals surface area contributed by atoms with Crippen molar-refractivity contribution in [2.75, 3.05) is 45.2 Å². The molecule has 1 N–H and O–H groups in total. The maximum atomic E-state index is 5.34. The average Bonchev–Trinajstić information content (AvgIpc) is 2.68. The van der Waals surface area contributed by atoms with Gasteiger partial charge in [0.1, 0.15) is 6.26 Å². The molecule has 0 bridgehead atoms. The molecule has 0 radical (unpaired) electrons. The molecule has 5 nitrogen and oxygen atoms in total. The lowest BCUT2D eigenvalue weighted by Crippen LogP contribution is -2.42. The average molecular weight is 210 g/mol. The fourth-order valence-corrected chi connectivity index (χ4v) is 1.67. The molecule has 84 valence electrons. The van der Waals surface area contributed by atoms with E-state index in [0.717, 1.165) is 38.4 Å². The Morgan fingerprint density at radius 3 is 2.80 bits per heavy atom. The number of aromatic nitrogens is 1. The number of anilines is 1. The van der Waals surface area contributed by atoms with Crippen molar-refractivity contribution in [2.24, 2.45) is 0 Å². The van der Waals surface area contributed by atoms with Crippen molar-refractivity contribution in [3.05, 3.63) is 12.0 Å². The summed E-state index contributed by atoms with van der Waals surface area (Å²) >= 11 is 0. The molecule has 2 heterocycles. The summed E-state index contributed by atoms with van der Waals surface area (Å²) in [6, 6.07) is 0.681. The molecule has 1 fully saturated rings. The zero-order valence-electron chi connectivity index (χ0n) is 9.36. The molecule has 0 saturated carbocycles. The second kappa shape index (κ2) is 4.63. The van der Waals surface area contributed by atoms with Crippen molar-refractivity contribution in [1.82, 2.24) is 15.2 Å². The van der Waals surface area contributed by atoms with Crippen molar-refractivity contribution in [3.63, 3.8) is 0 Å². The summed E-state index contributed by atoms with van der Waals surface area (Å²) in [5.74, 6) is 0. The van der Waals surface area contributed by atoms with Gasteiger partial charge in [0.2, 0.25) is 0 Å². The number of oxazole rings is 1. The molecule has 0 amide bonds. The van der Waals surface area contributed by atoms with Crippen LogP contribution in [0, 0.1) is 0 Å². The van der Waals surface area contributed by atoms with E-state index in [1.54, 1.807) is 6.26 Å². The third-order valence-electron chi connectivity index (χ3n) is 2.52. The van der Waals surface area contributed by atoms with Crippen molar-refractivity contribution in [2.45, 2.75) is 6.54 Å². The lowest BCUT2D eigenvalue weighted by Gasteiger charge is -2.26. The predicted octanol–water partition coefficient (Wildman–Crippen LogP) is 0.146. The van der Waals surface area contributed by atoms with Crippen molar-refractivity contribution in [1.29, 1.82) is 0 Å². The number of nitrogens with zero attached hydrogens (tertiary/aromatic N) is 3. The van der Waals surface area contributed by atoms with E-state index < -0.39 is 0 Å². The number of rotatable bonds is 3. The van der Waals surface area contributed by atoms with Gasteiger partial charge in [0.15, 0.2) is 0 Å². The number of hydrogen-bond acceptors (Lipinski definition) is 5. The molecule has 1 aromatic rings. The Kier molecular flexibility index (Phi) is 3.23. The molecule has 1 saturated heterocycles. The first kappa shape index (κ1) is 10.4. The van der Waals surface area contributed by atoms with E-state index >= 15 is 0 Å². The fourth-order valence-electron chi connectivity index (χ4n) is 1.67. The highest BCUT2D eigenvalue weighted by molar-refractivity contribution is 5.23. The molecule has 0 spiro atoms. The zero-order chi connectivity index (χ0) is 10.7. The maximum Gasteiger partial charge on any atom is 0.296 e. The van der Waals surface area contributed by atoms with Crippen LogP contribution in [0.3, 0.4) is 0 Å². The van der Waals surface area contributed by atoms with Crippen molar-refractivity contribution < 1.29 is 4.42 Å². The van der Waals surface area contributed by atoms with Crippen LogP contribution in [0.4, 0.5) is 6.01 Å². The van der Waals surface area contributed by atoms with Crippen LogP contribution in [-0.4, -0.2) is 50.2 Å². The monoisotopic (exact) mass is 210 g/mol. The van der Waals surface area contributed by atoms with Crippen LogP contribution in [0.5, 0.6) is 0 Å². The Bertz CT molecular complexity index is 304. The van der Waals surface area contributed by atoms with Crippen LogP contribution in [0.15, 0.2) is 10.7 Å². The van der Waals surface area contributed by atoms with Crippen molar-refractivity contribution in [3.8, 4) is 0 Å². The number of nitrogens with one attached hydrogen (secondary N) is 1. The van der Waals surface area contributed by atoms with Gasteiger partial charge in [-0.1, -0.05) is 0 Å². The summed E-state index contributed by atoms with van der Waals surface area (Å²) < 4.78 is 5.34. The van der Waals surface area contributed by atoms with Crippen LogP contribution in [-0.2, 0) is 6.54 Å². The first-order chi connectivity index (χ1) is 7.25. The van der Waals surface area contributed by atoms with Crippen LogP contribution >= 0.6 is 0 Å². The lowest BCUT2D eigenvalue weighted by molar-refractivity contribution is 0.230. The molecule has 0 atom stereocenters. The third-order valence-corrected chi connectivity index (χ3v) is 2.52. The van der Waals surface area contributed by atoms with Crippen LogP contribution < -0.4 is 10.2 Å².